The summed E-state index contributed by atoms with van der Waals surface area (Å²) < 4.78 is 31.9. The molecule has 0 spiro atoms. The Bertz CT molecular complexity index is 710. The zero-order chi connectivity index (χ0) is 18.6. The maximum atomic E-state index is 12.6. The van der Waals surface area contributed by atoms with Crippen molar-refractivity contribution in [3.05, 3.63) is 24.3 Å². The molecule has 0 aromatic heterocycles. The van der Waals surface area contributed by atoms with Gasteiger partial charge in [0.2, 0.25) is 10.0 Å². The molecule has 9 heteroatoms. The largest absolute Gasteiger partial charge is 0.379 e. The van der Waals surface area contributed by atoms with E-state index in [1.807, 2.05) is 0 Å². The Balaban J connectivity index is 1.56. The van der Waals surface area contributed by atoms with Crippen molar-refractivity contribution in [1.82, 2.24) is 14.5 Å². The number of rotatable bonds is 4. The molecule has 2 saturated heterocycles. The van der Waals surface area contributed by atoms with Gasteiger partial charge in [0.1, 0.15) is 0 Å². The number of benzene rings is 1. The Labute approximate surface area is 160 Å². The second-order valence-corrected chi connectivity index (χ2v) is 9.06. The second kappa shape index (κ2) is 8.62. The number of hydrogen-bond donors (Lipinski definition) is 2. The Morgan fingerprint density at radius 1 is 1.12 bits per heavy atom. The summed E-state index contributed by atoms with van der Waals surface area (Å²) in [4.78, 5) is 2.60. The zero-order valence-electron chi connectivity index (χ0n) is 15.0. The number of sulfonamides is 1. The molecule has 0 unspecified atom stereocenters. The third-order valence-corrected chi connectivity index (χ3v) is 6.91. The first-order valence-corrected chi connectivity index (χ1v) is 10.7. The van der Waals surface area contributed by atoms with E-state index >= 15 is 0 Å². The molecular weight excluding hydrogens is 372 g/mol. The topological polar surface area (TPSA) is 73.9 Å². The normalized spacial score (nSPS) is 20.7. The average Bonchev–Trinajstić information content (AvgIpc) is 2.65. The lowest BCUT2D eigenvalue weighted by molar-refractivity contribution is 0.0730. The van der Waals surface area contributed by atoms with E-state index in [1.54, 1.807) is 24.3 Å². The van der Waals surface area contributed by atoms with E-state index in [4.69, 9.17) is 17.0 Å². The van der Waals surface area contributed by atoms with Gasteiger partial charge in [0.25, 0.3) is 0 Å². The molecule has 0 radical (unpaired) electrons. The Morgan fingerprint density at radius 2 is 1.73 bits per heavy atom. The minimum atomic E-state index is -3.46. The van der Waals surface area contributed by atoms with E-state index < -0.39 is 10.0 Å². The quantitative estimate of drug-likeness (QED) is 0.736. The summed E-state index contributed by atoms with van der Waals surface area (Å²) in [6.45, 7) is 3.80. The van der Waals surface area contributed by atoms with Gasteiger partial charge in [0.15, 0.2) is 5.11 Å². The van der Waals surface area contributed by atoms with Crippen molar-refractivity contribution in [2.24, 2.45) is 0 Å². The van der Waals surface area contributed by atoms with Crippen LogP contribution >= 0.6 is 12.2 Å². The average molecular weight is 399 g/mol. The Hall–Kier alpha value is -1.26. The molecule has 1 aromatic carbocycles. The minimum Gasteiger partial charge on any atom is -0.379 e. The van der Waals surface area contributed by atoms with E-state index in [0.29, 0.717) is 42.4 Å². The minimum absolute atomic E-state index is 0.291. The highest BCUT2D eigenvalue weighted by molar-refractivity contribution is 7.89. The highest BCUT2D eigenvalue weighted by Gasteiger charge is 2.26. The molecule has 3 rings (SSSR count). The summed E-state index contributed by atoms with van der Waals surface area (Å²) in [5.74, 6) is 0. The molecule has 0 atom stereocenters. The molecule has 0 amide bonds. The molecule has 2 aliphatic heterocycles. The lowest BCUT2D eigenvalue weighted by atomic mass is 10.1. The third-order valence-electron chi connectivity index (χ3n) is 4.77. The maximum Gasteiger partial charge on any atom is 0.243 e. The highest BCUT2D eigenvalue weighted by atomic mass is 32.2. The van der Waals surface area contributed by atoms with Crippen molar-refractivity contribution in [3.8, 4) is 0 Å². The lowest BCUT2D eigenvalue weighted by Gasteiger charge is -2.30. The summed E-state index contributed by atoms with van der Waals surface area (Å²) in [6, 6.07) is 7.11. The summed E-state index contributed by atoms with van der Waals surface area (Å²) in [5.41, 5.74) is 0.774. The van der Waals surface area contributed by atoms with Gasteiger partial charge in [-0.3, -0.25) is 0 Å². The number of nitrogens with one attached hydrogen (secondary N) is 2. The number of ether oxygens (including phenoxy) is 1. The van der Waals surface area contributed by atoms with Crippen molar-refractivity contribution >= 4 is 33.0 Å². The maximum absolute atomic E-state index is 12.6. The zero-order valence-corrected chi connectivity index (χ0v) is 16.6. The van der Waals surface area contributed by atoms with E-state index in [-0.39, 0.29) is 0 Å². The van der Waals surface area contributed by atoms with Crippen LogP contribution in [0.15, 0.2) is 29.2 Å². The molecule has 2 N–H and O–H groups in total. The standard InChI is InChI=1S/C17H26N4O3S2/c1-20-8-6-15(7-9-20)19-17(25)18-14-2-4-16(5-3-14)26(22,23)21-10-12-24-13-11-21/h2-5,15H,6-13H2,1H3,(H2,18,19,25). The fourth-order valence-electron chi connectivity index (χ4n) is 3.15. The Morgan fingerprint density at radius 3 is 2.35 bits per heavy atom. The van der Waals surface area contributed by atoms with Crippen molar-refractivity contribution in [3.63, 3.8) is 0 Å². The molecule has 26 heavy (non-hydrogen) atoms. The SMILES string of the molecule is CN1CCC(NC(=S)Nc2ccc(S(=O)(=O)N3CCOCC3)cc2)CC1. The van der Waals surface area contributed by atoms with Crippen molar-refractivity contribution < 1.29 is 13.2 Å². The van der Waals surface area contributed by atoms with E-state index in [0.717, 1.165) is 31.6 Å². The molecule has 0 saturated carbocycles. The van der Waals surface area contributed by atoms with Crippen molar-refractivity contribution in [2.45, 2.75) is 23.8 Å². The molecule has 0 bridgehead atoms. The first-order chi connectivity index (χ1) is 12.4. The third kappa shape index (κ3) is 4.92. The van der Waals surface area contributed by atoms with Crippen molar-refractivity contribution in [2.75, 3.05) is 51.8 Å². The van der Waals surface area contributed by atoms with Gasteiger partial charge >= 0.3 is 0 Å². The molecule has 2 heterocycles. The van der Waals surface area contributed by atoms with Gasteiger partial charge in [-0.2, -0.15) is 4.31 Å². The first-order valence-electron chi connectivity index (χ1n) is 8.89. The van der Waals surface area contributed by atoms with Crippen LogP contribution in [0, 0.1) is 0 Å². The molecule has 0 aliphatic carbocycles. The van der Waals surface area contributed by atoms with Gasteiger partial charge in [-0.05, 0) is 69.5 Å². The fraction of sp³-hybridized carbons (Fsp3) is 0.588. The van der Waals surface area contributed by atoms with Crippen LogP contribution < -0.4 is 10.6 Å². The Kier molecular flexibility index (Phi) is 6.46. The van der Waals surface area contributed by atoms with Crippen LogP contribution in [0.2, 0.25) is 0 Å². The van der Waals surface area contributed by atoms with Crippen LogP contribution in [0.5, 0.6) is 0 Å². The summed E-state index contributed by atoms with van der Waals surface area (Å²) in [7, 11) is -1.34. The van der Waals surface area contributed by atoms with E-state index in [2.05, 4.69) is 22.6 Å². The van der Waals surface area contributed by atoms with Gasteiger partial charge in [0.05, 0.1) is 18.1 Å². The lowest BCUT2D eigenvalue weighted by Crippen LogP contribution is -2.44. The van der Waals surface area contributed by atoms with Gasteiger partial charge < -0.3 is 20.3 Å². The fourth-order valence-corrected chi connectivity index (χ4v) is 4.84. The van der Waals surface area contributed by atoms with Crippen LogP contribution in [-0.4, -0.2) is 75.2 Å². The smallest absolute Gasteiger partial charge is 0.243 e. The number of thiocarbonyl (C=S) groups is 1. The van der Waals surface area contributed by atoms with Gasteiger partial charge in [-0.25, -0.2) is 8.42 Å². The predicted octanol–water partition coefficient (Wildman–Crippen LogP) is 1.09. The number of hydrogen-bond acceptors (Lipinski definition) is 5. The van der Waals surface area contributed by atoms with E-state index in [1.165, 1.54) is 4.31 Å². The summed E-state index contributed by atoms with van der Waals surface area (Å²) in [5, 5.41) is 7.05. The van der Waals surface area contributed by atoms with Gasteiger partial charge in [-0.1, -0.05) is 0 Å². The van der Waals surface area contributed by atoms with Gasteiger partial charge in [-0.15, -0.1) is 0 Å². The molecule has 2 aliphatic rings. The van der Waals surface area contributed by atoms with Crippen LogP contribution in [-0.2, 0) is 14.8 Å². The summed E-state index contributed by atoms with van der Waals surface area (Å²) in [6.07, 6.45) is 2.13. The molecule has 144 valence electrons. The molecular formula is C17H26N4O3S2. The predicted molar refractivity (Wildman–Crippen MR) is 106 cm³/mol. The number of likely N-dealkylation sites (tertiary alicyclic amines) is 1. The molecule has 2 fully saturated rings. The van der Waals surface area contributed by atoms with Crippen LogP contribution in [0.3, 0.4) is 0 Å². The second-order valence-electron chi connectivity index (χ2n) is 6.72. The summed E-state index contributed by atoms with van der Waals surface area (Å²) >= 11 is 5.38. The monoisotopic (exact) mass is 398 g/mol. The van der Waals surface area contributed by atoms with E-state index in [9.17, 15) is 8.42 Å². The molecule has 1 aromatic rings. The number of nitrogens with zero attached hydrogens (tertiary/aromatic N) is 2. The first kappa shape index (κ1) is 19.5. The van der Waals surface area contributed by atoms with Crippen LogP contribution in [0.1, 0.15) is 12.8 Å². The van der Waals surface area contributed by atoms with Crippen LogP contribution in [0.25, 0.3) is 0 Å². The number of anilines is 1. The highest BCUT2D eigenvalue weighted by Crippen LogP contribution is 2.19. The molecule has 7 nitrogen and oxygen atoms in total. The van der Waals surface area contributed by atoms with Crippen molar-refractivity contribution in [1.29, 1.82) is 0 Å². The number of piperidine rings is 1. The van der Waals surface area contributed by atoms with Gasteiger partial charge in [0, 0.05) is 24.8 Å². The number of morpholine rings is 1. The van der Waals surface area contributed by atoms with Crippen LogP contribution in [0.4, 0.5) is 5.69 Å².